The quantitative estimate of drug-likeness (QED) is 0.286. The number of hydrogen-bond acceptors (Lipinski definition) is 7. The Bertz CT molecular complexity index is 1630. The summed E-state index contributed by atoms with van der Waals surface area (Å²) in [7, 11) is -3.72. The van der Waals surface area contributed by atoms with Crippen LogP contribution in [0, 0.1) is 13.8 Å². The Morgan fingerprint density at radius 3 is 2.42 bits per heavy atom. The highest BCUT2D eigenvalue weighted by Gasteiger charge is 2.27. The van der Waals surface area contributed by atoms with Crippen LogP contribution in [0.5, 0.6) is 0 Å². The molecule has 0 atom stereocenters. The summed E-state index contributed by atoms with van der Waals surface area (Å²) >= 11 is 7.79. The summed E-state index contributed by atoms with van der Waals surface area (Å²) in [4.78, 5) is 13.0. The van der Waals surface area contributed by atoms with E-state index >= 15 is 0 Å². The zero-order chi connectivity index (χ0) is 28.3. The van der Waals surface area contributed by atoms with Gasteiger partial charge in [-0.15, -0.1) is 10.2 Å². The second-order valence-electron chi connectivity index (χ2n) is 9.24. The zero-order valence-electron chi connectivity index (χ0n) is 22.0. The summed E-state index contributed by atoms with van der Waals surface area (Å²) in [5.41, 5.74) is 3.91. The maximum atomic E-state index is 13.3. The Kier molecular flexibility index (Phi) is 8.57. The average molecular weight is 598 g/mol. The lowest BCUT2D eigenvalue weighted by Gasteiger charge is -2.26. The fourth-order valence-electron chi connectivity index (χ4n) is 4.45. The standard InChI is InChI=1S/C28H28ClN5O4S2/c1-19-7-5-8-20(2)26(19)30-25(35)18-39-28-32-31-27(34(28)24-12-4-3-11-23(24)29)21-9-6-10-22(17-21)40(36,37)33-13-15-38-16-14-33/h3-12,17H,13-16,18H2,1-2H3,(H,30,35). The number of halogens is 1. The van der Waals surface area contributed by atoms with Crippen LogP contribution < -0.4 is 5.32 Å². The van der Waals surface area contributed by atoms with E-state index in [1.54, 1.807) is 34.9 Å². The predicted molar refractivity (Wildman–Crippen MR) is 157 cm³/mol. The molecule has 0 saturated carbocycles. The van der Waals surface area contributed by atoms with Crippen LogP contribution >= 0.6 is 23.4 Å². The van der Waals surface area contributed by atoms with Crippen molar-refractivity contribution in [1.29, 1.82) is 0 Å². The van der Waals surface area contributed by atoms with Gasteiger partial charge in [0.15, 0.2) is 11.0 Å². The van der Waals surface area contributed by atoms with Crippen molar-refractivity contribution >= 4 is 45.0 Å². The molecule has 9 nitrogen and oxygen atoms in total. The number of carbonyl (C=O) groups excluding carboxylic acids is 1. The Balaban J connectivity index is 1.47. The van der Waals surface area contributed by atoms with Gasteiger partial charge in [-0.3, -0.25) is 9.36 Å². The Morgan fingerprint density at radius 2 is 1.70 bits per heavy atom. The number of aryl methyl sites for hydroxylation is 2. The smallest absolute Gasteiger partial charge is 0.243 e. The summed E-state index contributed by atoms with van der Waals surface area (Å²) in [6, 6.07) is 19.7. The van der Waals surface area contributed by atoms with Crippen LogP contribution in [-0.4, -0.2) is 65.5 Å². The van der Waals surface area contributed by atoms with Gasteiger partial charge in [0, 0.05) is 24.3 Å². The van der Waals surface area contributed by atoms with Gasteiger partial charge in [-0.2, -0.15) is 4.31 Å². The van der Waals surface area contributed by atoms with Crippen molar-refractivity contribution in [3.63, 3.8) is 0 Å². The highest BCUT2D eigenvalue weighted by Crippen LogP contribution is 2.33. The van der Waals surface area contributed by atoms with Gasteiger partial charge < -0.3 is 10.1 Å². The molecule has 4 aromatic rings. The summed E-state index contributed by atoms with van der Waals surface area (Å²) < 4.78 is 35.1. The number of morpholine rings is 1. The van der Waals surface area contributed by atoms with E-state index in [9.17, 15) is 13.2 Å². The number of sulfonamides is 1. The van der Waals surface area contributed by atoms with Gasteiger partial charge in [-0.25, -0.2) is 8.42 Å². The third-order valence-electron chi connectivity index (χ3n) is 6.50. The highest BCUT2D eigenvalue weighted by molar-refractivity contribution is 7.99. The maximum absolute atomic E-state index is 13.3. The SMILES string of the molecule is Cc1cccc(C)c1NC(=O)CSc1nnc(-c2cccc(S(=O)(=O)N3CCOCC3)c2)n1-c1ccccc1Cl. The summed E-state index contributed by atoms with van der Waals surface area (Å²) in [5.74, 6) is 0.308. The van der Waals surface area contributed by atoms with Crippen LogP contribution in [-0.2, 0) is 19.6 Å². The van der Waals surface area contributed by atoms with E-state index in [0.29, 0.717) is 53.6 Å². The molecule has 1 aromatic heterocycles. The molecule has 208 valence electrons. The van der Waals surface area contributed by atoms with E-state index in [1.807, 2.05) is 50.2 Å². The number of hydrogen-bond donors (Lipinski definition) is 1. The summed E-state index contributed by atoms with van der Waals surface area (Å²) in [5, 5.41) is 12.7. The van der Waals surface area contributed by atoms with E-state index < -0.39 is 10.0 Å². The van der Waals surface area contributed by atoms with Gasteiger partial charge in [-0.05, 0) is 49.2 Å². The van der Waals surface area contributed by atoms with Gasteiger partial charge in [0.2, 0.25) is 15.9 Å². The number of para-hydroxylation sites is 2. The third kappa shape index (κ3) is 5.93. The number of ether oxygens (including phenoxy) is 1. The molecular formula is C28H28ClN5O4S2. The maximum Gasteiger partial charge on any atom is 0.243 e. The molecule has 1 N–H and O–H groups in total. The molecule has 40 heavy (non-hydrogen) atoms. The number of rotatable bonds is 8. The Labute approximate surface area is 242 Å². The molecule has 5 rings (SSSR count). The average Bonchev–Trinajstić information content (AvgIpc) is 3.38. The van der Waals surface area contributed by atoms with Crippen molar-refractivity contribution in [2.45, 2.75) is 23.9 Å². The Hall–Kier alpha value is -3.22. The van der Waals surface area contributed by atoms with Gasteiger partial charge in [0.05, 0.1) is 34.6 Å². The van der Waals surface area contributed by atoms with Crippen LogP contribution in [0.25, 0.3) is 17.1 Å². The molecule has 1 aliphatic rings. The molecule has 0 aliphatic carbocycles. The largest absolute Gasteiger partial charge is 0.379 e. The molecular weight excluding hydrogens is 570 g/mol. The molecule has 1 amide bonds. The fraction of sp³-hybridized carbons (Fsp3) is 0.250. The van der Waals surface area contributed by atoms with Crippen molar-refractivity contribution < 1.29 is 17.9 Å². The zero-order valence-corrected chi connectivity index (χ0v) is 24.4. The van der Waals surface area contributed by atoms with Gasteiger partial charge in [0.1, 0.15) is 0 Å². The monoisotopic (exact) mass is 597 g/mol. The van der Waals surface area contributed by atoms with Crippen LogP contribution in [0.3, 0.4) is 0 Å². The minimum absolute atomic E-state index is 0.0851. The van der Waals surface area contributed by atoms with E-state index in [0.717, 1.165) is 16.8 Å². The molecule has 3 aromatic carbocycles. The number of thioether (sulfide) groups is 1. The lowest BCUT2D eigenvalue weighted by Crippen LogP contribution is -2.40. The van der Waals surface area contributed by atoms with Crippen molar-refractivity contribution in [2.24, 2.45) is 0 Å². The van der Waals surface area contributed by atoms with Crippen molar-refractivity contribution in [3.8, 4) is 17.1 Å². The molecule has 1 fully saturated rings. The van der Waals surface area contributed by atoms with Gasteiger partial charge in [-0.1, -0.05) is 65.8 Å². The molecule has 0 radical (unpaired) electrons. The molecule has 12 heteroatoms. The molecule has 0 bridgehead atoms. The van der Waals surface area contributed by atoms with Crippen LogP contribution in [0.2, 0.25) is 5.02 Å². The number of nitrogens with one attached hydrogen (secondary N) is 1. The molecule has 2 heterocycles. The van der Waals surface area contributed by atoms with Crippen LogP contribution in [0.15, 0.2) is 76.8 Å². The normalized spacial score (nSPS) is 14.3. The first kappa shape index (κ1) is 28.3. The second kappa shape index (κ2) is 12.1. The van der Waals surface area contributed by atoms with Crippen molar-refractivity contribution in [1.82, 2.24) is 19.1 Å². The first-order valence-corrected chi connectivity index (χ1v) is 15.4. The van der Waals surface area contributed by atoms with Crippen LogP contribution in [0.1, 0.15) is 11.1 Å². The van der Waals surface area contributed by atoms with E-state index in [4.69, 9.17) is 16.3 Å². The number of amides is 1. The lowest BCUT2D eigenvalue weighted by atomic mass is 10.1. The Morgan fingerprint density at radius 1 is 1.00 bits per heavy atom. The molecule has 0 unspecified atom stereocenters. The van der Waals surface area contributed by atoms with Crippen LogP contribution in [0.4, 0.5) is 5.69 Å². The number of benzene rings is 3. The van der Waals surface area contributed by atoms with E-state index in [-0.39, 0.29) is 16.6 Å². The number of nitrogens with zero attached hydrogens (tertiary/aromatic N) is 4. The minimum atomic E-state index is -3.72. The fourth-order valence-corrected chi connectivity index (χ4v) is 6.87. The minimum Gasteiger partial charge on any atom is -0.379 e. The summed E-state index contributed by atoms with van der Waals surface area (Å²) in [6.45, 7) is 5.21. The van der Waals surface area contributed by atoms with Gasteiger partial charge in [0.25, 0.3) is 0 Å². The topological polar surface area (TPSA) is 106 Å². The first-order valence-electron chi connectivity index (χ1n) is 12.6. The van der Waals surface area contributed by atoms with E-state index in [1.165, 1.54) is 16.1 Å². The number of anilines is 1. The molecule has 1 aliphatic heterocycles. The first-order chi connectivity index (χ1) is 19.3. The van der Waals surface area contributed by atoms with Gasteiger partial charge >= 0.3 is 0 Å². The highest BCUT2D eigenvalue weighted by atomic mass is 35.5. The number of aromatic nitrogens is 3. The molecule has 0 spiro atoms. The number of carbonyl (C=O) groups is 1. The molecule has 1 saturated heterocycles. The lowest BCUT2D eigenvalue weighted by molar-refractivity contribution is -0.113. The van der Waals surface area contributed by atoms with E-state index in [2.05, 4.69) is 15.5 Å². The van der Waals surface area contributed by atoms with Crippen molar-refractivity contribution in [2.75, 3.05) is 37.4 Å². The third-order valence-corrected chi connectivity index (χ3v) is 9.65. The van der Waals surface area contributed by atoms with Crippen molar-refractivity contribution in [3.05, 3.63) is 82.9 Å². The summed E-state index contributed by atoms with van der Waals surface area (Å²) in [6.07, 6.45) is 0. The second-order valence-corrected chi connectivity index (χ2v) is 12.5. The predicted octanol–water partition coefficient (Wildman–Crippen LogP) is 4.96.